The molecule has 0 unspecified atom stereocenters. The van der Waals surface area contributed by atoms with Gasteiger partial charge in [0.25, 0.3) is 0 Å². The van der Waals surface area contributed by atoms with Gasteiger partial charge in [0.05, 0.1) is 9.80 Å². The van der Waals surface area contributed by atoms with Gasteiger partial charge in [0.2, 0.25) is 5.75 Å². The van der Waals surface area contributed by atoms with Crippen molar-refractivity contribution in [2.45, 2.75) is 6.61 Å². The molecule has 5 nitrogen and oxygen atoms in total. The van der Waals surface area contributed by atoms with Crippen LogP contribution in [0.2, 0.25) is 0 Å². The van der Waals surface area contributed by atoms with Crippen LogP contribution in [0.5, 0.6) is 5.75 Å². The predicted octanol–water partition coefficient (Wildman–Crippen LogP) is 2.72. The van der Waals surface area contributed by atoms with Gasteiger partial charge in [-0.1, -0.05) is 17.9 Å². The number of ether oxygens (including phenoxy) is 1. The van der Waals surface area contributed by atoms with E-state index in [1.165, 1.54) is 23.5 Å². The number of nitrogens with zero attached hydrogens (tertiary/aromatic N) is 1. The number of halogens is 1. The highest BCUT2D eigenvalue weighted by Gasteiger charge is 2.19. The minimum Gasteiger partial charge on any atom is -0.479 e. The summed E-state index contributed by atoms with van der Waals surface area (Å²) in [5, 5.41) is 19.4. The standard InChI is InChI=1S/C14H10FNO4S/c15-12-4-1-5-13(16(18)19)14(12)20-9-11-7-6-10(21-11)3-2-8-17/h1,4-7,17H,8-9H2. The Labute approximate surface area is 123 Å². The highest BCUT2D eigenvalue weighted by molar-refractivity contribution is 7.12. The minimum atomic E-state index is -0.777. The summed E-state index contributed by atoms with van der Waals surface area (Å²) in [5.74, 6) is 4.09. The average Bonchev–Trinajstić information content (AvgIpc) is 2.91. The molecule has 1 N–H and O–H groups in total. The first-order valence-electron chi connectivity index (χ1n) is 5.86. The van der Waals surface area contributed by atoms with Crippen LogP contribution in [0.4, 0.5) is 10.1 Å². The molecule has 21 heavy (non-hydrogen) atoms. The third-order valence-corrected chi connectivity index (χ3v) is 3.43. The maximum atomic E-state index is 13.6. The molecule has 0 aliphatic carbocycles. The Hall–Kier alpha value is -2.43. The van der Waals surface area contributed by atoms with E-state index in [0.717, 1.165) is 15.8 Å². The molecule has 0 atom stereocenters. The van der Waals surface area contributed by atoms with Crippen molar-refractivity contribution < 1.29 is 19.2 Å². The van der Waals surface area contributed by atoms with Gasteiger partial charge >= 0.3 is 5.69 Å². The van der Waals surface area contributed by atoms with Crippen LogP contribution in [0.25, 0.3) is 0 Å². The van der Waals surface area contributed by atoms with Crippen molar-refractivity contribution >= 4 is 17.0 Å². The monoisotopic (exact) mass is 307 g/mol. The summed E-state index contributed by atoms with van der Waals surface area (Å²) in [6, 6.07) is 7.02. The maximum Gasteiger partial charge on any atom is 0.314 e. The smallest absolute Gasteiger partial charge is 0.314 e. The predicted molar refractivity (Wildman–Crippen MR) is 75.7 cm³/mol. The van der Waals surface area contributed by atoms with Gasteiger partial charge in [0.1, 0.15) is 13.2 Å². The number of aliphatic hydroxyl groups excluding tert-OH is 1. The first kappa shape index (κ1) is 15.0. The van der Waals surface area contributed by atoms with Crippen LogP contribution in [0, 0.1) is 27.8 Å². The molecule has 0 fully saturated rings. The lowest BCUT2D eigenvalue weighted by Crippen LogP contribution is -2.00. The normalized spacial score (nSPS) is 9.81. The van der Waals surface area contributed by atoms with Crippen LogP contribution in [0.15, 0.2) is 30.3 Å². The van der Waals surface area contributed by atoms with Crippen molar-refractivity contribution in [1.82, 2.24) is 0 Å². The van der Waals surface area contributed by atoms with Crippen LogP contribution >= 0.6 is 11.3 Å². The molecular weight excluding hydrogens is 297 g/mol. The van der Waals surface area contributed by atoms with Crippen LogP contribution < -0.4 is 4.74 Å². The molecule has 0 spiro atoms. The number of thiophene rings is 1. The zero-order chi connectivity index (χ0) is 15.2. The molecule has 0 aliphatic rings. The molecule has 1 aromatic carbocycles. The summed E-state index contributed by atoms with van der Waals surface area (Å²) >= 11 is 1.31. The molecule has 2 rings (SSSR count). The van der Waals surface area contributed by atoms with Crippen molar-refractivity contribution in [1.29, 1.82) is 0 Å². The second-order valence-electron chi connectivity index (χ2n) is 3.86. The van der Waals surface area contributed by atoms with E-state index in [0.29, 0.717) is 0 Å². The molecule has 0 bridgehead atoms. The summed E-state index contributed by atoms with van der Waals surface area (Å²) < 4.78 is 18.8. The van der Waals surface area contributed by atoms with Crippen LogP contribution in [0.3, 0.4) is 0 Å². The van der Waals surface area contributed by atoms with Gasteiger partial charge in [-0.3, -0.25) is 10.1 Å². The number of hydrogen-bond acceptors (Lipinski definition) is 5. The summed E-state index contributed by atoms with van der Waals surface area (Å²) in [5.41, 5.74) is -0.410. The van der Waals surface area contributed by atoms with E-state index in [2.05, 4.69) is 11.8 Å². The minimum absolute atomic E-state index is 0.00719. The summed E-state index contributed by atoms with van der Waals surface area (Å²) in [4.78, 5) is 11.6. The second-order valence-corrected chi connectivity index (χ2v) is 5.03. The number of benzene rings is 1. The van der Waals surface area contributed by atoms with E-state index in [1.54, 1.807) is 12.1 Å². The average molecular weight is 307 g/mol. The lowest BCUT2D eigenvalue weighted by molar-refractivity contribution is -0.386. The van der Waals surface area contributed by atoms with E-state index in [9.17, 15) is 14.5 Å². The van der Waals surface area contributed by atoms with Crippen molar-refractivity contribution in [3.8, 4) is 17.6 Å². The molecule has 7 heteroatoms. The summed E-state index contributed by atoms with van der Waals surface area (Å²) in [6.07, 6.45) is 0. The van der Waals surface area contributed by atoms with E-state index < -0.39 is 16.4 Å². The fourth-order valence-corrected chi connectivity index (χ4v) is 2.37. The van der Waals surface area contributed by atoms with E-state index >= 15 is 0 Å². The van der Waals surface area contributed by atoms with E-state index in [-0.39, 0.29) is 19.0 Å². The molecule has 1 aromatic heterocycles. The molecule has 0 radical (unpaired) electrons. The molecule has 0 amide bonds. The highest BCUT2D eigenvalue weighted by atomic mass is 32.1. The van der Waals surface area contributed by atoms with Gasteiger partial charge < -0.3 is 9.84 Å². The lowest BCUT2D eigenvalue weighted by atomic mass is 10.3. The number of para-hydroxylation sites is 1. The van der Waals surface area contributed by atoms with Crippen LogP contribution in [-0.4, -0.2) is 16.6 Å². The summed E-state index contributed by atoms with van der Waals surface area (Å²) in [6.45, 7) is -0.224. The maximum absolute atomic E-state index is 13.6. The largest absolute Gasteiger partial charge is 0.479 e. The fraction of sp³-hybridized carbons (Fsp3) is 0.143. The van der Waals surface area contributed by atoms with Crippen molar-refractivity contribution in [2.75, 3.05) is 6.61 Å². The second kappa shape index (κ2) is 6.83. The Morgan fingerprint density at radius 3 is 2.90 bits per heavy atom. The Balaban J connectivity index is 2.13. The zero-order valence-electron chi connectivity index (χ0n) is 10.7. The third-order valence-electron chi connectivity index (χ3n) is 2.45. The Morgan fingerprint density at radius 2 is 2.19 bits per heavy atom. The number of hydrogen-bond donors (Lipinski definition) is 1. The molecule has 1 heterocycles. The summed E-state index contributed by atoms with van der Waals surface area (Å²) in [7, 11) is 0. The number of aliphatic hydroxyl groups is 1. The van der Waals surface area contributed by atoms with Crippen LogP contribution in [0.1, 0.15) is 9.75 Å². The molecular formula is C14H10FNO4S. The first-order chi connectivity index (χ1) is 10.1. The number of nitro benzene ring substituents is 1. The Bertz CT molecular complexity index is 717. The number of nitro groups is 1. The molecule has 2 aromatic rings. The van der Waals surface area contributed by atoms with Crippen molar-refractivity contribution in [3.05, 3.63) is 56.0 Å². The highest BCUT2D eigenvalue weighted by Crippen LogP contribution is 2.30. The third kappa shape index (κ3) is 3.78. The van der Waals surface area contributed by atoms with Gasteiger partial charge in [-0.2, -0.15) is 0 Å². The Morgan fingerprint density at radius 1 is 1.38 bits per heavy atom. The molecule has 0 aliphatic heterocycles. The van der Waals surface area contributed by atoms with E-state index in [1.807, 2.05) is 0 Å². The lowest BCUT2D eigenvalue weighted by Gasteiger charge is -2.06. The first-order valence-corrected chi connectivity index (χ1v) is 6.67. The van der Waals surface area contributed by atoms with E-state index in [4.69, 9.17) is 9.84 Å². The van der Waals surface area contributed by atoms with Gasteiger partial charge in [0, 0.05) is 10.9 Å². The molecule has 0 saturated heterocycles. The molecule has 0 saturated carbocycles. The van der Waals surface area contributed by atoms with Crippen molar-refractivity contribution in [2.24, 2.45) is 0 Å². The van der Waals surface area contributed by atoms with Gasteiger partial charge in [-0.15, -0.1) is 11.3 Å². The van der Waals surface area contributed by atoms with Crippen molar-refractivity contribution in [3.63, 3.8) is 0 Å². The van der Waals surface area contributed by atoms with Gasteiger partial charge in [0.15, 0.2) is 5.82 Å². The fourth-order valence-electron chi connectivity index (χ4n) is 1.58. The van der Waals surface area contributed by atoms with Crippen LogP contribution in [-0.2, 0) is 6.61 Å². The SMILES string of the molecule is O=[N+]([O-])c1cccc(F)c1OCc1ccc(C#CCO)s1. The van der Waals surface area contributed by atoms with Gasteiger partial charge in [-0.05, 0) is 18.2 Å². The zero-order valence-corrected chi connectivity index (χ0v) is 11.5. The quantitative estimate of drug-likeness (QED) is 0.535. The number of rotatable bonds is 4. The topological polar surface area (TPSA) is 72.6 Å². The Kier molecular flexibility index (Phi) is 4.87. The molecule has 108 valence electrons. The van der Waals surface area contributed by atoms with Gasteiger partial charge in [-0.25, -0.2) is 4.39 Å².